The van der Waals surface area contributed by atoms with Crippen LogP contribution in [0.15, 0.2) is 0 Å². The lowest BCUT2D eigenvalue weighted by Gasteiger charge is -2.27. The van der Waals surface area contributed by atoms with Gasteiger partial charge in [-0.2, -0.15) is 11.8 Å². The molecule has 0 saturated carbocycles. The minimum absolute atomic E-state index is 0.00869. The fourth-order valence-corrected chi connectivity index (χ4v) is 2.66. The highest BCUT2D eigenvalue weighted by Crippen LogP contribution is 2.11. The van der Waals surface area contributed by atoms with Crippen molar-refractivity contribution in [2.45, 2.75) is 25.9 Å². The van der Waals surface area contributed by atoms with Crippen LogP contribution in [0.5, 0.6) is 0 Å². The van der Waals surface area contributed by atoms with Crippen molar-refractivity contribution in [1.29, 1.82) is 0 Å². The molecule has 0 aliphatic carbocycles. The van der Waals surface area contributed by atoms with Crippen molar-refractivity contribution in [3.05, 3.63) is 0 Å². The molecule has 1 aliphatic heterocycles. The van der Waals surface area contributed by atoms with Crippen molar-refractivity contribution in [3.8, 4) is 0 Å². The van der Waals surface area contributed by atoms with E-state index >= 15 is 0 Å². The Morgan fingerprint density at radius 3 is 2.56 bits per heavy atom. The predicted octanol–water partition coefficient (Wildman–Crippen LogP) is 1.44. The summed E-state index contributed by atoms with van der Waals surface area (Å²) in [6, 6.07) is 0. The molecule has 1 rings (SSSR count). The van der Waals surface area contributed by atoms with E-state index in [2.05, 4.69) is 35.8 Å². The zero-order valence-electron chi connectivity index (χ0n) is 10.9. The van der Waals surface area contributed by atoms with Crippen LogP contribution >= 0.6 is 11.8 Å². The number of nitrogens with zero attached hydrogens (tertiary/aromatic N) is 1. The number of nitrogens with one attached hydrogen (secondary N) is 1. The van der Waals surface area contributed by atoms with Crippen LogP contribution < -0.4 is 5.32 Å². The molecule has 3 nitrogen and oxygen atoms in total. The zero-order valence-corrected chi connectivity index (χ0v) is 11.7. The Hall–Kier alpha value is 0.230. The van der Waals surface area contributed by atoms with Gasteiger partial charge in [-0.1, -0.05) is 0 Å². The van der Waals surface area contributed by atoms with Crippen molar-refractivity contribution in [2.24, 2.45) is 0 Å². The van der Waals surface area contributed by atoms with Crippen molar-refractivity contribution in [1.82, 2.24) is 10.2 Å². The normalized spacial score (nSPS) is 18.9. The third-order valence-corrected chi connectivity index (χ3v) is 4.11. The lowest BCUT2D eigenvalue weighted by molar-refractivity contribution is 0.0158. The van der Waals surface area contributed by atoms with Gasteiger partial charge in [-0.25, -0.2) is 0 Å². The Kier molecular flexibility index (Phi) is 6.73. The minimum atomic E-state index is 0.00869. The zero-order chi connectivity index (χ0) is 11.9. The van der Waals surface area contributed by atoms with E-state index in [4.69, 9.17) is 4.74 Å². The number of hydrogen-bond donors (Lipinski definition) is 1. The third kappa shape index (κ3) is 6.09. The average Bonchev–Trinajstić information content (AvgIpc) is 2.30. The first-order valence-electron chi connectivity index (χ1n) is 6.20. The van der Waals surface area contributed by atoms with Gasteiger partial charge in [0.2, 0.25) is 0 Å². The van der Waals surface area contributed by atoms with E-state index in [1.54, 1.807) is 7.11 Å². The van der Waals surface area contributed by atoms with Crippen LogP contribution in [0.3, 0.4) is 0 Å². The highest BCUT2D eigenvalue weighted by molar-refractivity contribution is 7.99. The molecule has 0 amide bonds. The van der Waals surface area contributed by atoms with Crippen LogP contribution in [0.4, 0.5) is 0 Å². The summed E-state index contributed by atoms with van der Waals surface area (Å²) in [5.74, 6) is 2.60. The second kappa shape index (κ2) is 7.54. The van der Waals surface area contributed by atoms with Gasteiger partial charge in [0.1, 0.15) is 0 Å². The number of thioether (sulfide) groups is 1. The molecule has 1 heterocycles. The molecule has 1 saturated heterocycles. The molecule has 96 valence electrons. The van der Waals surface area contributed by atoms with Crippen LogP contribution in [-0.2, 0) is 4.74 Å². The second-order valence-corrected chi connectivity index (χ2v) is 6.14. The maximum absolute atomic E-state index is 5.38. The molecule has 0 unspecified atom stereocenters. The quantitative estimate of drug-likeness (QED) is 0.687. The number of ether oxygens (including phenoxy) is 1. The van der Waals surface area contributed by atoms with E-state index in [1.165, 1.54) is 31.1 Å². The fraction of sp³-hybridized carbons (Fsp3) is 1.00. The first-order chi connectivity index (χ1) is 7.64. The average molecular weight is 246 g/mol. The molecule has 0 radical (unpaired) electrons. The van der Waals surface area contributed by atoms with Crippen molar-refractivity contribution < 1.29 is 4.74 Å². The topological polar surface area (TPSA) is 24.5 Å². The van der Waals surface area contributed by atoms with Gasteiger partial charge in [0.05, 0.1) is 5.60 Å². The molecule has 16 heavy (non-hydrogen) atoms. The summed E-state index contributed by atoms with van der Waals surface area (Å²) in [7, 11) is 1.78. The van der Waals surface area contributed by atoms with Gasteiger partial charge in [0.25, 0.3) is 0 Å². The Morgan fingerprint density at radius 2 is 1.94 bits per heavy atom. The smallest absolute Gasteiger partial charge is 0.0634 e. The highest BCUT2D eigenvalue weighted by atomic mass is 32.2. The van der Waals surface area contributed by atoms with Crippen molar-refractivity contribution in [2.75, 3.05) is 51.3 Å². The summed E-state index contributed by atoms with van der Waals surface area (Å²) >= 11 is 2.07. The summed E-state index contributed by atoms with van der Waals surface area (Å²) in [6.45, 7) is 10.1. The molecule has 1 fully saturated rings. The predicted molar refractivity (Wildman–Crippen MR) is 72.3 cm³/mol. The molecule has 1 aliphatic rings. The Bertz CT molecular complexity index is 182. The van der Waals surface area contributed by atoms with E-state index in [0.29, 0.717) is 0 Å². The molecule has 0 aromatic rings. The highest BCUT2D eigenvalue weighted by Gasteiger charge is 2.15. The van der Waals surface area contributed by atoms with Crippen LogP contribution in [0.2, 0.25) is 0 Å². The van der Waals surface area contributed by atoms with Crippen LogP contribution in [0.1, 0.15) is 20.3 Å². The lowest BCUT2D eigenvalue weighted by atomic mass is 10.1. The van der Waals surface area contributed by atoms with Gasteiger partial charge in [-0.3, -0.25) is 0 Å². The number of methoxy groups -OCH3 is 1. The summed E-state index contributed by atoms with van der Waals surface area (Å²) in [6.07, 6.45) is 1.07. The minimum Gasteiger partial charge on any atom is -0.379 e. The van der Waals surface area contributed by atoms with E-state index in [0.717, 1.165) is 19.5 Å². The maximum Gasteiger partial charge on any atom is 0.0634 e. The molecule has 0 aromatic heterocycles. The van der Waals surface area contributed by atoms with Crippen molar-refractivity contribution in [3.63, 3.8) is 0 Å². The van der Waals surface area contributed by atoms with Crippen LogP contribution in [0.25, 0.3) is 0 Å². The van der Waals surface area contributed by atoms with Crippen LogP contribution in [-0.4, -0.2) is 61.8 Å². The summed E-state index contributed by atoms with van der Waals surface area (Å²) in [4.78, 5) is 2.55. The number of rotatable bonds is 7. The van der Waals surface area contributed by atoms with Gasteiger partial charge in [-0.05, 0) is 26.8 Å². The van der Waals surface area contributed by atoms with Gasteiger partial charge in [0.15, 0.2) is 0 Å². The SMILES string of the molecule is COC(C)(C)CCNCCN1CCSCC1. The first-order valence-corrected chi connectivity index (χ1v) is 7.35. The van der Waals surface area contributed by atoms with Gasteiger partial charge < -0.3 is 15.0 Å². The largest absolute Gasteiger partial charge is 0.379 e. The monoisotopic (exact) mass is 246 g/mol. The maximum atomic E-state index is 5.38. The molecule has 0 spiro atoms. The lowest BCUT2D eigenvalue weighted by Crippen LogP contribution is -2.38. The van der Waals surface area contributed by atoms with Crippen LogP contribution in [0, 0.1) is 0 Å². The Balaban J connectivity index is 1.95. The Morgan fingerprint density at radius 1 is 1.25 bits per heavy atom. The van der Waals surface area contributed by atoms with Crippen molar-refractivity contribution >= 4 is 11.8 Å². The standard InChI is InChI=1S/C12H26N2OS/c1-12(2,15-3)4-5-13-6-7-14-8-10-16-11-9-14/h13H,4-11H2,1-3H3. The van der Waals surface area contributed by atoms with E-state index < -0.39 is 0 Å². The molecule has 0 atom stereocenters. The summed E-state index contributed by atoms with van der Waals surface area (Å²) < 4.78 is 5.38. The summed E-state index contributed by atoms with van der Waals surface area (Å²) in [5, 5.41) is 3.49. The molecule has 0 bridgehead atoms. The van der Waals surface area contributed by atoms with E-state index in [-0.39, 0.29) is 5.60 Å². The Labute approximate surface area is 104 Å². The van der Waals surface area contributed by atoms with E-state index in [1.807, 2.05) is 0 Å². The second-order valence-electron chi connectivity index (χ2n) is 4.92. The molecular formula is C12H26N2OS. The van der Waals surface area contributed by atoms with Gasteiger partial charge in [0, 0.05) is 44.8 Å². The van der Waals surface area contributed by atoms with Gasteiger partial charge >= 0.3 is 0 Å². The fourth-order valence-electron chi connectivity index (χ4n) is 1.68. The molecule has 1 N–H and O–H groups in total. The first kappa shape index (κ1) is 14.3. The van der Waals surface area contributed by atoms with Gasteiger partial charge in [-0.15, -0.1) is 0 Å². The molecule has 0 aromatic carbocycles. The third-order valence-electron chi connectivity index (χ3n) is 3.16. The molecular weight excluding hydrogens is 220 g/mol. The molecule has 4 heteroatoms. The van der Waals surface area contributed by atoms with E-state index in [9.17, 15) is 0 Å². The number of hydrogen-bond acceptors (Lipinski definition) is 4. The summed E-state index contributed by atoms with van der Waals surface area (Å²) in [5.41, 5.74) is 0.00869.